The Balaban J connectivity index is 0.626. The maximum Gasteiger partial charge on any atom is 0.312 e. The van der Waals surface area contributed by atoms with Crippen molar-refractivity contribution in [1.82, 2.24) is 47.9 Å². The zero-order valence-corrected chi connectivity index (χ0v) is 84.5. The van der Waals surface area contributed by atoms with Gasteiger partial charge in [-0.2, -0.15) is 0 Å². The van der Waals surface area contributed by atoms with E-state index in [1.165, 1.54) is 5.56 Å². The molecule has 5 aliphatic carbocycles. The summed E-state index contributed by atoms with van der Waals surface area (Å²) in [5.41, 5.74) is 17.5. The van der Waals surface area contributed by atoms with E-state index in [1.54, 1.807) is 30.9 Å². The van der Waals surface area contributed by atoms with Crippen LogP contribution in [0.2, 0.25) is 0 Å². The molecule has 0 aromatic heterocycles. The number of carbonyl (C=O) groups is 11. The van der Waals surface area contributed by atoms with Crippen LogP contribution in [0.15, 0.2) is 96.3 Å². The van der Waals surface area contributed by atoms with Gasteiger partial charge in [-0.1, -0.05) is 122 Å². The number of rotatable bonds is 48. The molecule has 146 heavy (non-hydrogen) atoms. The first-order chi connectivity index (χ1) is 69.9. The van der Waals surface area contributed by atoms with Crippen LogP contribution in [-0.4, -0.2) is 295 Å². The molecule has 2 unspecified atom stereocenters. The maximum atomic E-state index is 15.0. The number of unbranched alkanes of at least 4 members (excludes halogenated alkanes) is 1. The number of para-hydroxylation sites is 1. The smallest absolute Gasteiger partial charge is 0.312 e. The van der Waals surface area contributed by atoms with Crippen LogP contribution in [0.1, 0.15) is 215 Å². The summed E-state index contributed by atoms with van der Waals surface area (Å²) >= 11 is 0. The zero-order valence-electron chi connectivity index (χ0n) is 84.5. The molecule has 3 aliphatic heterocycles. The van der Waals surface area contributed by atoms with Crippen LogP contribution in [0.25, 0.3) is 0 Å². The summed E-state index contributed by atoms with van der Waals surface area (Å²) in [7, 11) is 0. The lowest BCUT2D eigenvalue weighted by molar-refractivity contribution is -0.290. The van der Waals surface area contributed by atoms with Crippen LogP contribution in [0, 0.1) is 46.3 Å². The zero-order chi connectivity index (χ0) is 105. The van der Waals surface area contributed by atoms with Crippen molar-refractivity contribution in [2.24, 2.45) is 46.0 Å². The number of aryl methyl sites for hydroxylation is 2. The fraction of sp³-hybridized carbons (Fsp3) is 0.632. The number of hydrogen-bond acceptors (Lipinski definition) is 29. The Hall–Kier alpha value is -10.9. The summed E-state index contributed by atoms with van der Waals surface area (Å²) in [5.74, 6) is -1.40. The van der Waals surface area contributed by atoms with Crippen LogP contribution in [0.3, 0.4) is 0 Å². The van der Waals surface area contributed by atoms with Crippen LogP contribution >= 0.6 is 0 Å². The largest absolute Gasteiger partial charge is 0.508 e. The maximum absolute atomic E-state index is 15.0. The van der Waals surface area contributed by atoms with Crippen molar-refractivity contribution in [3.8, 4) is 17.6 Å². The fourth-order valence-electron chi connectivity index (χ4n) is 22.7. The minimum Gasteiger partial charge on any atom is -0.508 e. The first kappa shape index (κ1) is 114. The summed E-state index contributed by atoms with van der Waals surface area (Å²) in [4.78, 5) is 156. The second-order valence-corrected chi connectivity index (χ2v) is 41.0. The van der Waals surface area contributed by atoms with Gasteiger partial charge < -0.3 is 143 Å². The van der Waals surface area contributed by atoms with Gasteiger partial charge in [-0.15, -0.1) is 0 Å². The monoisotopic (exact) mass is 2040 g/mol. The Morgan fingerprint density at radius 2 is 1.11 bits per heavy atom. The summed E-state index contributed by atoms with van der Waals surface area (Å²) < 4.78 is 40.5. The van der Waals surface area contributed by atoms with E-state index in [0.717, 1.165) is 59.1 Å². The number of carbonyl (C=O) groups excluding carboxylic acids is 11. The third-order valence-electron chi connectivity index (χ3n) is 30.8. The van der Waals surface area contributed by atoms with Gasteiger partial charge in [0.1, 0.15) is 67.0 Å². The lowest BCUT2D eigenvalue weighted by Gasteiger charge is -2.56. The van der Waals surface area contributed by atoms with Gasteiger partial charge in [-0.3, -0.25) is 53.3 Å². The minimum absolute atomic E-state index is 0.00613. The molecule has 4 aromatic rings. The number of phenolic OH excluding ortho intramolecular Hbond substituents is 1. The van der Waals surface area contributed by atoms with Gasteiger partial charge in [0, 0.05) is 67.3 Å². The molecule has 23 N–H and O–H groups in total. The topological polar surface area (TPSA) is 610 Å². The number of ether oxygens (including phenoxy) is 7. The predicted octanol–water partition coefficient (Wildman–Crippen LogP) is 2.32. The van der Waals surface area contributed by atoms with Crippen molar-refractivity contribution in [3.05, 3.63) is 135 Å². The van der Waals surface area contributed by atoms with Crippen molar-refractivity contribution >= 4 is 76.5 Å². The average Bonchev–Trinajstić information content (AvgIpc) is 0.717. The number of hydrogen-bond donors (Lipinski definition) is 21. The van der Waals surface area contributed by atoms with E-state index in [9.17, 15) is 93.9 Å². The van der Waals surface area contributed by atoms with Gasteiger partial charge in [0.15, 0.2) is 6.23 Å². The Kier molecular flexibility index (Phi) is 41.6. The van der Waals surface area contributed by atoms with Crippen molar-refractivity contribution in [1.29, 1.82) is 0 Å². The molecule has 12 rings (SSSR count). The second-order valence-electron chi connectivity index (χ2n) is 41.0. The molecule has 3 heterocycles. The Morgan fingerprint density at radius 1 is 0.521 bits per heavy atom. The number of nitrogens with two attached hydrogens (primary N) is 2. The van der Waals surface area contributed by atoms with E-state index in [1.807, 2.05) is 86.6 Å². The van der Waals surface area contributed by atoms with Crippen molar-refractivity contribution in [2.75, 3.05) is 109 Å². The molecule has 0 spiro atoms. The fourth-order valence-corrected chi connectivity index (χ4v) is 22.7. The molecule has 2 saturated heterocycles. The number of fused-ring (bicyclic) bond motifs is 8. The highest BCUT2D eigenvalue weighted by atomic mass is 16.6. The van der Waals surface area contributed by atoms with Crippen LogP contribution < -0.4 is 69.5 Å². The summed E-state index contributed by atoms with van der Waals surface area (Å²) in [6, 6.07) is 19.5. The highest BCUT2D eigenvalue weighted by molar-refractivity contribution is 6.02. The summed E-state index contributed by atoms with van der Waals surface area (Å²) in [6.07, 6.45) is -5.53. The first-order valence-electron chi connectivity index (χ1n) is 51.6. The van der Waals surface area contributed by atoms with Crippen LogP contribution in [-0.2, 0) is 111 Å². The van der Waals surface area contributed by atoms with E-state index in [2.05, 4.69) is 78.9 Å². The van der Waals surface area contributed by atoms with Gasteiger partial charge in [0.25, 0.3) is 0 Å². The van der Waals surface area contributed by atoms with E-state index >= 15 is 4.79 Å². The third-order valence-corrected chi connectivity index (χ3v) is 30.8. The first-order valence-corrected chi connectivity index (χ1v) is 51.6. The highest BCUT2D eigenvalue weighted by Gasteiger charge is 2.60. The summed E-state index contributed by atoms with van der Waals surface area (Å²) in [5, 5.41) is 124. The molecule has 2 saturated carbocycles. The Labute approximate surface area is 851 Å². The number of aliphatic hydroxyl groups is 8. The van der Waals surface area contributed by atoms with Crippen LogP contribution in [0.4, 0.5) is 16.2 Å². The van der Waals surface area contributed by atoms with E-state index in [4.69, 9.17) is 44.6 Å². The van der Waals surface area contributed by atoms with E-state index in [-0.39, 0.29) is 176 Å². The third kappa shape index (κ3) is 28.6. The molecule has 4 aromatic carbocycles. The molecule has 0 radical (unpaired) electrons. The number of aliphatic hydroxyl groups excluding tert-OH is 8. The number of phenols is 1. The number of nitrogens with zero attached hydrogens (tertiary/aromatic N) is 1. The number of imide groups is 1. The number of urea groups is 1. The van der Waals surface area contributed by atoms with Crippen LogP contribution in [0.5, 0.6) is 5.75 Å². The highest BCUT2D eigenvalue weighted by Crippen LogP contribution is 2.60. The van der Waals surface area contributed by atoms with Gasteiger partial charge in [-0.05, 0) is 202 Å². The number of aromatic hydroxyl groups is 1. The number of benzene rings is 4. The molecule has 8 aliphatic rings. The number of anilines is 2. The molecule has 40 nitrogen and oxygen atoms in total. The van der Waals surface area contributed by atoms with Crippen molar-refractivity contribution in [2.45, 2.75) is 292 Å². The molecule has 12 amide bonds. The molecule has 4 fully saturated rings. The second kappa shape index (κ2) is 53.3. The average molecular weight is 2040 g/mol. The number of amides is 12. The normalized spacial score (nSPS) is 27.0. The molecular formula is C106H151N13O27. The lowest BCUT2D eigenvalue weighted by atomic mass is 9.49. The number of allylic oxidation sites excluding steroid dienone is 1. The summed E-state index contributed by atoms with van der Waals surface area (Å²) in [6.45, 7) is 10.4. The van der Waals surface area contributed by atoms with Crippen molar-refractivity contribution < 1.29 is 132 Å². The predicted molar refractivity (Wildman–Crippen MR) is 534 cm³/mol. The minimum atomic E-state index is -1.81. The van der Waals surface area contributed by atoms with Gasteiger partial charge in [0.05, 0.1) is 126 Å². The number of primary amides is 1. The standard InChI is InChI=1S/C106H151N13O27/c1-62(2)88(98(136)114-74(24-16-45-111-102(108)139)95(133)115-75(58-120)97(135)112-68-33-29-64-31-35-80-103(3,70(64)55-68)40-17-42-105(80,5)100(137)118-101(138)106(6)43-18-41-104(4)71-56-69(123)34-30-65(71)32-36-81(104)106)117-96(134)73(23-14-15-44-109-84(126)61-144-77-26-9-7-8-22-72(87(77)107)116-99-93(132)90(129)86(78(59-121)146-99)94-92(131)91(130)89(128)79(60-122)145-94)113-83(125)39-47-140-49-51-142-53-54-143-52-50-141-48-46-110-82(124)37-38-85(127)119-57-67-21-11-10-19-63(67)27-28-66-20-12-13-25-76(66)119/h10-13,19-21,25,29-30,33-34,55-56,62,73-75,77-81,86,88-94,99,116,120-123,128-132H,7-9,14-18,22-24,26,31-32,35-54,57-61,107H2,1-6H3,(H,109,126)(H,110,124)(H,112,135)(H,113,125)(H,114,136)(H,115,133)(H,117,134)(H3,108,111,139)(H,118,137,138)/t73-,74+,75+,77?,78-,79-,80-,81-,86?,88+,89-,90+,91+,92-,93-,94-,99+,103-,104-,105+,106+/m1/s1. The quantitative estimate of drug-likeness (QED) is 0.0171. The van der Waals surface area contributed by atoms with E-state index < -0.39 is 181 Å². The van der Waals surface area contributed by atoms with Gasteiger partial charge in [0.2, 0.25) is 59.1 Å². The SMILES string of the molecule is CC(C)[C@H](NC(=O)[C@@H](CCCCNC(=O)COC1CCCCCC(N[C@H]2O[C@H](CO)C([C@H]3O[C@H](CO)[C@@H](O)[C@H](O)[C@H]3O)[C@H](O)[C@H]2O)=C1N)NC(=O)CCOCCOCCOCCOCCNC(=O)CCC(=O)N1Cc2ccccc2C#Cc2ccccc21)C(=O)N[C@@H](CCCNC(N)=O)C(=O)N[C@@H](CO)C(=O)Nc1ccc2c(c1)[C@@]1(C)CCC[C@](C)(C(=O)NC(=O)[C@@]3(C)CCC[C@]4(C)c5cc(O)ccc5CC[C@@H]34)[C@@H]1CC2. The molecular weight excluding hydrogens is 1890 g/mol. The van der Waals surface area contributed by atoms with Crippen molar-refractivity contribution in [3.63, 3.8) is 0 Å². The molecule has 0 bridgehead atoms. The molecule has 802 valence electrons. The Bertz CT molecular complexity index is 5270. The molecule has 40 heteroatoms. The number of nitrogens with one attached hydrogen (secondary N) is 10. The van der Waals surface area contributed by atoms with Gasteiger partial charge in [-0.25, -0.2) is 4.79 Å². The molecule has 21 atom stereocenters. The Morgan fingerprint density at radius 3 is 1.77 bits per heavy atom. The van der Waals surface area contributed by atoms with Gasteiger partial charge >= 0.3 is 6.03 Å². The van der Waals surface area contributed by atoms with E-state index in [0.29, 0.717) is 94.2 Å². The lowest BCUT2D eigenvalue weighted by Crippen LogP contribution is -2.68.